The first-order valence-electron chi connectivity index (χ1n) is 7.66. The second-order valence-electron chi connectivity index (χ2n) is 5.64. The maximum atomic E-state index is 6.10. The highest BCUT2D eigenvalue weighted by Gasteiger charge is 2.30. The molecule has 1 fully saturated rings. The molecule has 2 unspecified atom stereocenters. The van der Waals surface area contributed by atoms with Gasteiger partial charge in [-0.05, 0) is 31.4 Å². The van der Waals surface area contributed by atoms with Crippen LogP contribution >= 0.6 is 0 Å². The summed E-state index contributed by atoms with van der Waals surface area (Å²) in [6, 6.07) is 8.65. The summed E-state index contributed by atoms with van der Waals surface area (Å²) < 4.78 is 11.5. The number of hydrogen-bond donors (Lipinski definition) is 1. The van der Waals surface area contributed by atoms with E-state index in [4.69, 9.17) is 15.2 Å². The van der Waals surface area contributed by atoms with E-state index < -0.39 is 0 Å². The summed E-state index contributed by atoms with van der Waals surface area (Å²) >= 11 is 0. The molecule has 0 aromatic heterocycles. The van der Waals surface area contributed by atoms with E-state index in [0.717, 1.165) is 45.0 Å². The molecule has 0 radical (unpaired) electrons. The Hall–Kier alpha value is -1.26. The monoisotopic (exact) mass is 276 g/mol. The molecule has 4 nitrogen and oxygen atoms in total. The van der Waals surface area contributed by atoms with Gasteiger partial charge in [0.15, 0.2) is 0 Å². The Kier molecular flexibility index (Phi) is 4.43. The van der Waals surface area contributed by atoms with Crippen LogP contribution in [-0.4, -0.2) is 39.0 Å². The van der Waals surface area contributed by atoms with Crippen LogP contribution in [0.5, 0.6) is 5.75 Å². The van der Waals surface area contributed by atoms with Crippen molar-refractivity contribution in [2.24, 2.45) is 11.7 Å². The Balaban J connectivity index is 1.86. The molecule has 2 aliphatic heterocycles. The maximum Gasteiger partial charge on any atom is 0.142 e. The third-order valence-corrected chi connectivity index (χ3v) is 4.36. The summed E-state index contributed by atoms with van der Waals surface area (Å²) in [5, 5.41) is 0. The fourth-order valence-electron chi connectivity index (χ4n) is 3.34. The van der Waals surface area contributed by atoms with Gasteiger partial charge in [-0.15, -0.1) is 0 Å². The Labute approximate surface area is 120 Å². The van der Waals surface area contributed by atoms with Gasteiger partial charge in [-0.3, -0.25) is 0 Å². The molecular formula is C16H24N2O2. The van der Waals surface area contributed by atoms with Crippen LogP contribution in [0.4, 0.5) is 5.69 Å². The highest BCUT2D eigenvalue weighted by molar-refractivity contribution is 5.59. The first-order valence-corrected chi connectivity index (χ1v) is 7.66. The minimum absolute atomic E-state index is 0.346. The summed E-state index contributed by atoms with van der Waals surface area (Å²) in [5.74, 6) is 1.51. The van der Waals surface area contributed by atoms with Gasteiger partial charge >= 0.3 is 0 Å². The molecule has 2 atom stereocenters. The quantitative estimate of drug-likeness (QED) is 0.917. The van der Waals surface area contributed by atoms with Crippen molar-refractivity contribution in [2.45, 2.75) is 25.3 Å². The van der Waals surface area contributed by atoms with Crippen molar-refractivity contribution in [1.82, 2.24) is 0 Å². The Morgan fingerprint density at radius 2 is 2.15 bits per heavy atom. The van der Waals surface area contributed by atoms with Gasteiger partial charge in [0.05, 0.1) is 18.9 Å². The molecule has 110 valence electrons. The fraction of sp³-hybridized carbons (Fsp3) is 0.625. The molecule has 2 heterocycles. The zero-order valence-corrected chi connectivity index (χ0v) is 12.0. The lowest BCUT2D eigenvalue weighted by Crippen LogP contribution is -2.48. The number of nitrogens with zero attached hydrogens (tertiary/aromatic N) is 1. The normalized spacial score (nSPS) is 24.4. The van der Waals surface area contributed by atoms with Crippen LogP contribution in [0, 0.1) is 5.92 Å². The van der Waals surface area contributed by atoms with E-state index in [2.05, 4.69) is 23.1 Å². The van der Waals surface area contributed by atoms with Crippen molar-refractivity contribution in [2.75, 3.05) is 37.8 Å². The van der Waals surface area contributed by atoms with Crippen LogP contribution in [0.15, 0.2) is 24.3 Å². The summed E-state index contributed by atoms with van der Waals surface area (Å²) in [7, 11) is 0. The predicted octanol–water partition coefficient (Wildman–Crippen LogP) is 2.03. The van der Waals surface area contributed by atoms with Gasteiger partial charge < -0.3 is 20.1 Å². The molecule has 0 aliphatic carbocycles. The van der Waals surface area contributed by atoms with Gasteiger partial charge in [-0.2, -0.15) is 0 Å². The first-order chi connectivity index (χ1) is 9.90. The third-order valence-electron chi connectivity index (χ3n) is 4.36. The number of benzene rings is 1. The number of anilines is 1. The lowest BCUT2D eigenvalue weighted by atomic mass is 9.92. The van der Waals surface area contributed by atoms with E-state index in [9.17, 15) is 0 Å². The Morgan fingerprint density at radius 1 is 1.25 bits per heavy atom. The highest BCUT2D eigenvalue weighted by atomic mass is 16.5. The van der Waals surface area contributed by atoms with Gasteiger partial charge in [0, 0.05) is 31.7 Å². The summed E-state index contributed by atoms with van der Waals surface area (Å²) in [4.78, 5) is 2.45. The molecule has 1 aromatic carbocycles. The molecule has 2 aliphatic rings. The number of para-hydroxylation sites is 2. The SMILES string of the molecule is NCC(C1CCCOC1)N1CCCOc2ccccc21. The van der Waals surface area contributed by atoms with Crippen LogP contribution < -0.4 is 15.4 Å². The molecular weight excluding hydrogens is 252 g/mol. The van der Waals surface area contributed by atoms with Crippen LogP contribution in [0.1, 0.15) is 19.3 Å². The maximum absolute atomic E-state index is 6.10. The molecule has 0 amide bonds. The molecule has 4 heteroatoms. The average Bonchev–Trinajstić information content (AvgIpc) is 2.72. The second kappa shape index (κ2) is 6.46. The van der Waals surface area contributed by atoms with Crippen LogP contribution in [0.2, 0.25) is 0 Å². The standard InChI is InChI=1S/C16H24N2O2/c17-11-15(13-5-3-9-19-12-13)18-8-4-10-20-16-7-2-1-6-14(16)18/h1-2,6-7,13,15H,3-5,8-12,17H2. The lowest BCUT2D eigenvalue weighted by Gasteiger charge is -2.39. The number of nitrogens with two attached hydrogens (primary N) is 1. The van der Waals surface area contributed by atoms with E-state index in [1.807, 2.05) is 6.07 Å². The van der Waals surface area contributed by atoms with Crippen LogP contribution in [-0.2, 0) is 4.74 Å². The van der Waals surface area contributed by atoms with Gasteiger partial charge in [0.1, 0.15) is 5.75 Å². The van der Waals surface area contributed by atoms with Crippen molar-refractivity contribution in [3.8, 4) is 5.75 Å². The minimum atomic E-state index is 0.346. The molecule has 20 heavy (non-hydrogen) atoms. The molecule has 0 saturated carbocycles. The van der Waals surface area contributed by atoms with E-state index in [0.29, 0.717) is 18.5 Å². The highest BCUT2D eigenvalue weighted by Crippen LogP contribution is 2.34. The Morgan fingerprint density at radius 3 is 2.95 bits per heavy atom. The average molecular weight is 276 g/mol. The molecule has 1 saturated heterocycles. The summed E-state index contributed by atoms with van der Waals surface area (Å²) in [5.41, 5.74) is 7.29. The molecule has 0 spiro atoms. The summed E-state index contributed by atoms with van der Waals surface area (Å²) in [6.07, 6.45) is 3.40. The predicted molar refractivity (Wildman–Crippen MR) is 80.3 cm³/mol. The van der Waals surface area contributed by atoms with Crippen LogP contribution in [0.3, 0.4) is 0 Å². The molecule has 0 bridgehead atoms. The van der Waals surface area contributed by atoms with E-state index >= 15 is 0 Å². The third kappa shape index (κ3) is 2.76. The van der Waals surface area contributed by atoms with E-state index in [1.165, 1.54) is 12.1 Å². The Bertz CT molecular complexity index is 432. The number of fused-ring (bicyclic) bond motifs is 1. The van der Waals surface area contributed by atoms with Crippen molar-refractivity contribution in [3.05, 3.63) is 24.3 Å². The van der Waals surface area contributed by atoms with Gasteiger partial charge in [0.2, 0.25) is 0 Å². The molecule has 3 rings (SSSR count). The topological polar surface area (TPSA) is 47.7 Å². The zero-order valence-electron chi connectivity index (χ0n) is 12.0. The van der Waals surface area contributed by atoms with Crippen molar-refractivity contribution in [1.29, 1.82) is 0 Å². The van der Waals surface area contributed by atoms with Gasteiger partial charge in [-0.25, -0.2) is 0 Å². The fourth-order valence-corrected chi connectivity index (χ4v) is 3.34. The van der Waals surface area contributed by atoms with Crippen molar-refractivity contribution in [3.63, 3.8) is 0 Å². The summed E-state index contributed by atoms with van der Waals surface area (Å²) in [6.45, 7) is 4.19. The van der Waals surface area contributed by atoms with Crippen molar-refractivity contribution >= 4 is 5.69 Å². The first kappa shape index (κ1) is 13.7. The smallest absolute Gasteiger partial charge is 0.142 e. The zero-order chi connectivity index (χ0) is 13.8. The van der Waals surface area contributed by atoms with E-state index in [1.54, 1.807) is 0 Å². The largest absolute Gasteiger partial charge is 0.491 e. The van der Waals surface area contributed by atoms with Crippen LogP contribution in [0.25, 0.3) is 0 Å². The lowest BCUT2D eigenvalue weighted by molar-refractivity contribution is 0.0447. The minimum Gasteiger partial charge on any atom is -0.491 e. The number of rotatable bonds is 3. The molecule has 2 N–H and O–H groups in total. The number of ether oxygens (including phenoxy) is 2. The van der Waals surface area contributed by atoms with E-state index in [-0.39, 0.29) is 0 Å². The number of hydrogen-bond acceptors (Lipinski definition) is 4. The van der Waals surface area contributed by atoms with Gasteiger partial charge in [-0.1, -0.05) is 12.1 Å². The molecule has 1 aromatic rings. The van der Waals surface area contributed by atoms with Crippen molar-refractivity contribution < 1.29 is 9.47 Å². The van der Waals surface area contributed by atoms with Gasteiger partial charge in [0.25, 0.3) is 0 Å². The second-order valence-corrected chi connectivity index (χ2v) is 5.64.